The van der Waals surface area contributed by atoms with Gasteiger partial charge in [0.15, 0.2) is 18.3 Å². The van der Waals surface area contributed by atoms with Crippen LogP contribution in [0.5, 0.6) is 5.75 Å². The number of Topliss-reactive ketones (excluding diaryl/α,β-unsaturated/α-hetero) is 1. The lowest BCUT2D eigenvalue weighted by atomic mass is 10.1. The van der Waals surface area contributed by atoms with Gasteiger partial charge >= 0.3 is 5.97 Å². The van der Waals surface area contributed by atoms with Gasteiger partial charge in [0, 0.05) is 17.1 Å². The summed E-state index contributed by atoms with van der Waals surface area (Å²) >= 11 is 1.18. The molecule has 6 nitrogen and oxygen atoms in total. The number of esters is 1. The number of aryl methyl sites for hydroxylation is 1. The van der Waals surface area contributed by atoms with Crippen molar-refractivity contribution in [1.29, 1.82) is 5.26 Å². The van der Waals surface area contributed by atoms with E-state index in [0.717, 1.165) is 6.07 Å². The van der Waals surface area contributed by atoms with E-state index in [1.807, 2.05) is 6.07 Å². The van der Waals surface area contributed by atoms with E-state index >= 15 is 0 Å². The summed E-state index contributed by atoms with van der Waals surface area (Å²) in [5, 5.41) is 11.2. The number of thiazole rings is 1. The standard InChI is InChI=1S/C16H13FN2O4S/c1-9-8-24-15(19-9)12(6-18)14(20)7-23-16(21)11-4-3-10(22-2)5-13(11)17/h3-5,8,12H,7H2,1-2H3/t12-/m0/s1. The minimum absolute atomic E-state index is 0.254. The molecule has 0 unspecified atom stereocenters. The summed E-state index contributed by atoms with van der Waals surface area (Å²) in [5.74, 6) is -3.29. The fourth-order valence-corrected chi connectivity index (χ4v) is 2.72. The topological polar surface area (TPSA) is 89.3 Å². The molecule has 0 amide bonds. The second kappa shape index (κ2) is 7.66. The highest BCUT2D eigenvalue weighted by Gasteiger charge is 2.25. The van der Waals surface area contributed by atoms with Crippen molar-refractivity contribution in [2.75, 3.05) is 13.7 Å². The summed E-state index contributed by atoms with van der Waals surface area (Å²) in [6.07, 6.45) is 0. The third-order valence-corrected chi connectivity index (χ3v) is 4.10. The molecule has 124 valence electrons. The van der Waals surface area contributed by atoms with Crippen molar-refractivity contribution in [3.8, 4) is 11.8 Å². The van der Waals surface area contributed by atoms with Crippen molar-refractivity contribution < 1.29 is 23.5 Å². The van der Waals surface area contributed by atoms with E-state index in [1.165, 1.54) is 30.6 Å². The van der Waals surface area contributed by atoms with Crippen LogP contribution in [0.2, 0.25) is 0 Å². The summed E-state index contributed by atoms with van der Waals surface area (Å²) < 4.78 is 23.4. The SMILES string of the molecule is COc1ccc(C(=O)OCC(=O)[C@H](C#N)c2nc(C)cs2)c(F)c1. The Kier molecular flexibility index (Phi) is 5.60. The average Bonchev–Trinajstić information content (AvgIpc) is 2.99. The zero-order chi connectivity index (χ0) is 17.7. The third kappa shape index (κ3) is 3.94. The number of ether oxygens (including phenoxy) is 2. The predicted molar refractivity (Wildman–Crippen MR) is 83.4 cm³/mol. The van der Waals surface area contributed by atoms with E-state index < -0.39 is 30.1 Å². The van der Waals surface area contributed by atoms with Gasteiger partial charge in [-0.05, 0) is 19.1 Å². The number of hydrogen-bond acceptors (Lipinski definition) is 7. The zero-order valence-corrected chi connectivity index (χ0v) is 13.7. The third-order valence-electron chi connectivity index (χ3n) is 3.08. The van der Waals surface area contributed by atoms with Crippen molar-refractivity contribution in [1.82, 2.24) is 4.98 Å². The fourth-order valence-electron chi connectivity index (χ4n) is 1.86. The molecule has 2 aromatic rings. The lowest BCUT2D eigenvalue weighted by Gasteiger charge is -2.08. The van der Waals surface area contributed by atoms with Gasteiger partial charge in [-0.2, -0.15) is 5.26 Å². The maximum absolute atomic E-state index is 13.8. The van der Waals surface area contributed by atoms with E-state index in [9.17, 15) is 14.0 Å². The van der Waals surface area contributed by atoms with E-state index in [2.05, 4.69) is 4.98 Å². The molecule has 24 heavy (non-hydrogen) atoms. The first-order valence-electron chi connectivity index (χ1n) is 6.81. The molecule has 0 spiro atoms. The van der Waals surface area contributed by atoms with Crippen LogP contribution in [-0.2, 0) is 9.53 Å². The number of carbonyl (C=O) groups excluding carboxylic acids is 2. The minimum Gasteiger partial charge on any atom is -0.497 e. The Labute approximate surface area is 141 Å². The van der Waals surface area contributed by atoms with Gasteiger partial charge in [0.2, 0.25) is 0 Å². The molecule has 1 aromatic carbocycles. The summed E-state index contributed by atoms with van der Waals surface area (Å²) in [6.45, 7) is 1.10. The number of halogens is 1. The normalized spacial score (nSPS) is 11.4. The average molecular weight is 348 g/mol. The van der Waals surface area contributed by atoms with Crippen molar-refractivity contribution in [3.63, 3.8) is 0 Å². The molecule has 0 fully saturated rings. The Morgan fingerprint density at radius 2 is 2.21 bits per heavy atom. The molecule has 1 heterocycles. The molecule has 1 aromatic heterocycles. The number of hydrogen-bond donors (Lipinski definition) is 0. The number of nitrogens with zero attached hydrogens (tertiary/aromatic N) is 2. The number of benzene rings is 1. The lowest BCUT2D eigenvalue weighted by molar-refractivity contribution is -0.122. The second-order valence-electron chi connectivity index (χ2n) is 4.78. The van der Waals surface area contributed by atoms with Crippen LogP contribution in [0.3, 0.4) is 0 Å². The van der Waals surface area contributed by atoms with Gasteiger partial charge in [-0.15, -0.1) is 11.3 Å². The van der Waals surface area contributed by atoms with Gasteiger partial charge in [-0.1, -0.05) is 0 Å². The van der Waals surface area contributed by atoms with Crippen molar-refractivity contribution >= 4 is 23.1 Å². The summed E-state index contributed by atoms with van der Waals surface area (Å²) in [7, 11) is 1.37. The van der Waals surface area contributed by atoms with E-state index in [0.29, 0.717) is 10.7 Å². The number of aromatic nitrogens is 1. The second-order valence-corrected chi connectivity index (χ2v) is 5.67. The quantitative estimate of drug-likeness (QED) is 0.746. The van der Waals surface area contributed by atoms with Crippen LogP contribution in [0.1, 0.15) is 27.0 Å². The van der Waals surface area contributed by atoms with E-state index in [1.54, 1.807) is 12.3 Å². The molecule has 8 heteroatoms. The Morgan fingerprint density at radius 3 is 2.75 bits per heavy atom. The first-order valence-corrected chi connectivity index (χ1v) is 7.69. The van der Waals surface area contributed by atoms with Crippen LogP contribution in [0, 0.1) is 24.1 Å². The number of nitriles is 1. The minimum atomic E-state index is -1.11. The molecule has 0 saturated carbocycles. The monoisotopic (exact) mass is 348 g/mol. The Hall–Kier alpha value is -2.79. The van der Waals surface area contributed by atoms with Crippen LogP contribution in [0.25, 0.3) is 0 Å². The van der Waals surface area contributed by atoms with Crippen molar-refractivity contribution in [3.05, 3.63) is 45.7 Å². The number of rotatable bonds is 6. The molecule has 0 N–H and O–H groups in total. The highest BCUT2D eigenvalue weighted by molar-refractivity contribution is 7.09. The van der Waals surface area contributed by atoms with Crippen molar-refractivity contribution in [2.45, 2.75) is 12.8 Å². The van der Waals surface area contributed by atoms with Crippen LogP contribution in [0.4, 0.5) is 4.39 Å². The molecule has 0 radical (unpaired) electrons. The highest BCUT2D eigenvalue weighted by Crippen LogP contribution is 2.21. The predicted octanol–water partition coefficient (Wildman–Crippen LogP) is 2.63. The van der Waals surface area contributed by atoms with Gasteiger partial charge in [0.25, 0.3) is 0 Å². The van der Waals surface area contributed by atoms with Crippen LogP contribution in [0.15, 0.2) is 23.6 Å². The zero-order valence-electron chi connectivity index (χ0n) is 12.9. The molecule has 2 rings (SSSR count). The maximum Gasteiger partial charge on any atom is 0.341 e. The molecule has 0 bridgehead atoms. The Balaban J connectivity index is 2.03. The Morgan fingerprint density at radius 1 is 1.46 bits per heavy atom. The Bertz CT molecular complexity index is 813. The highest BCUT2D eigenvalue weighted by atomic mass is 32.1. The van der Waals surface area contributed by atoms with Gasteiger partial charge in [-0.25, -0.2) is 14.2 Å². The van der Waals surface area contributed by atoms with Crippen molar-refractivity contribution in [2.24, 2.45) is 0 Å². The van der Waals surface area contributed by atoms with Gasteiger partial charge < -0.3 is 9.47 Å². The maximum atomic E-state index is 13.8. The van der Waals surface area contributed by atoms with E-state index in [-0.39, 0.29) is 11.3 Å². The first-order chi connectivity index (χ1) is 11.5. The molecule has 0 aliphatic rings. The molecular formula is C16H13FN2O4S. The number of ketones is 1. The summed E-state index contributed by atoms with van der Waals surface area (Å²) in [6, 6.07) is 5.48. The molecular weight excluding hydrogens is 335 g/mol. The molecule has 0 saturated heterocycles. The van der Waals surface area contributed by atoms with Crippen LogP contribution >= 0.6 is 11.3 Å². The smallest absolute Gasteiger partial charge is 0.341 e. The number of methoxy groups -OCH3 is 1. The van der Waals surface area contributed by atoms with E-state index in [4.69, 9.17) is 14.7 Å². The van der Waals surface area contributed by atoms with Gasteiger partial charge in [-0.3, -0.25) is 4.79 Å². The summed E-state index contributed by atoms with van der Waals surface area (Å²) in [5.41, 5.74) is 0.377. The van der Waals surface area contributed by atoms with Crippen LogP contribution in [-0.4, -0.2) is 30.5 Å². The van der Waals surface area contributed by atoms with Crippen LogP contribution < -0.4 is 4.74 Å². The first kappa shape index (κ1) is 17.6. The van der Waals surface area contributed by atoms with Gasteiger partial charge in [0.1, 0.15) is 16.6 Å². The lowest BCUT2D eigenvalue weighted by Crippen LogP contribution is -2.20. The fraction of sp³-hybridized carbons (Fsp3) is 0.250. The molecule has 0 aliphatic carbocycles. The molecule has 0 aliphatic heterocycles. The number of carbonyl (C=O) groups is 2. The molecule has 1 atom stereocenters. The van der Waals surface area contributed by atoms with Gasteiger partial charge in [0.05, 0.1) is 18.7 Å². The largest absolute Gasteiger partial charge is 0.497 e. The summed E-state index contributed by atoms with van der Waals surface area (Å²) in [4.78, 5) is 28.0.